The van der Waals surface area contributed by atoms with Crippen LogP contribution in [0.2, 0.25) is 0 Å². The molecule has 0 bridgehead atoms. The SMILES string of the molecule is CNCC1CCCc2c1[nH]c1c(C)ccc(C)c21. The lowest BCUT2D eigenvalue weighted by molar-refractivity contribution is 0.522. The highest BCUT2D eigenvalue weighted by Gasteiger charge is 2.24. The number of hydrogen-bond acceptors (Lipinski definition) is 1. The first-order valence-corrected chi connectivity index (χ1v) is 6.97. The number of fused-ring (bicyclic) bond motifs is 3. The highest BCUT2D eigenvalue weighted by molar-refractivity contribution is 5.90. The van der Waals surface area contributed by atoms with Crippen LogP contribution in [0.15, 0.2) is 12.1 Å². The van der Waals surface area contributed by atoms with Gasteiger partial charge in [-0.3, -0.25) is 0 Å². The molecule has 2 heteroatoms. The zero-order valence-electron chi connectivity index (χ0n) is 11.6. The van der Waals surface area contributed by atoms with Crippen molar-refractivity contribution in [1.82, 2.24) is 10.3 Å². The second kappa shape index (κ2) is 4.43. The molecule has 1 heterocycles. The lowest BCUT2D eigenvalue weighted by atomic mass is 9.86. The molecule has 1 aliphatic rings. The van der Waals surface area contributed by atoms with Crippen LogP contribution >= 0.6 is 0 Å². The molecule has 0 saturated heterocycles. The molecular weight excluding hydrogens is 220 g/mol. The summed E-state index contributed by atoms with van der Waals surface area (Å²) in [4.78, 5) is 3.72. The zero-order chi connectivity index (χ0) is 12.7. The molecule has 18 heavy (non-hydrogen) atoms. The van der Waals surface area contributed by atoms with Crippen molar-refractivity contribution in [2.45, 2.75) is 39.0 Å². The van der Waals surface area contributed by atoms with Gasteiger partial charge in [-0.15, -0.1) is 0 Å². The third kappa shape index (κ3) is 1.67. The topological polar surface area (TPSA) is 27.8 Å². The van der Waals surface area contributed by atoms with E-state index in [0.717, 1.165) is 6.54 Å². The molecule has 0 aliphatic heterocycles. The number of aryl methyl sites for hydroxylation is 3. The van der Waals surface area contributed by atoms with Crippen molar-refractivity contribution < 1.29 is 0 Å². The van der Waals surface area contributed by atoms with Crippen molar-refractivity contribution in [3.8, 4) is 0 Å². The number of likely N-dealkylation sites (N-methyl/N-ethyl adjacent to an activating group) is 1. The van der Waals surface area contributed by atoms with Crippen molar-refractivity contribution in [2.75, 3.05) is 13.6 Å². The van der Waals surface area contributed by atoms with Gasteiger partial charge in [0.25, 0.3) is 0 Å². The molecule has 3 rings (SSSR count). The van der Waals surface area contributed by atoms with Crippen LogP contribution in [0.4, 0.5) is 0 Å². The third-order valence-corrected chi connectivity index (χ3v) is 4.35. The van der Waals surface area contributed by atoms with Gasteiger partial charge in [0.2, 0.25) is 0 Å². The Morgan fingerprint density at radius 3 is 2.83 bits per heavy atom. The monoisotopic (exact) mass is 242 g/mol. The Kier molecular flexibility index (Phi) is 2.90. The Labute approximate surface area is 109 Å². The van der Waals surface area contributed by atoms with Crippen LogP contribution in [0.25, 0.3) is 10.9 Å². The van der Waals surface area contributed by atoms with Gasteiger partial charge in [0.15, 0.2) is 0 Å². The molecule has 0 radical (unpaired) electrons. The number of aromatic nitrogens is 1. The third-order valence-electron chi connectivity index (χ3n) is 4.35. The Balaban J connectivity index is 2.24. The molecule has 0 spiro atoms. The van der Waals surface area contributed by atoms with Crippen LogP contribution in [0, 0.1) is 13.8 Å². The fourth-order valence-electron chi connectivity index (χ4n) is 3.43. The summed E-state index contributed by atoms with van der Waals surface area (Å²) in [6.07, 6.45) is 3.86. The average Bonchev–Trinajstić information content (AvgIpc) is 2.76. The summed E-state index contributed by atoms with van der Waals surface area (Å²) < 4.78 is 0. The molecule has 96 valence electrons. The predicted molar refractivity (Wildman–Crippen MR) is 77.4 cm³/mol. The van der Waals surface area contributed by atoms with Gasteiger partial charge in [0.1, 0.15) is 0 Å². The van der Waals surface area contributed by atoms with Gasteiger partial charge in [-0.25, -0.2) is 0 Å². The largest absolute Gasteiger partial charge is 0.358 e. The molecule has 2 aromatic rings. The molecule has 1 aromatic heterocycles. The normalized spacial score (nSPS) is 19.2. The lowest BCUT2D eigenvalue weighted by Crippen LogP contribution is -2.21. The number of aromatic amines is 1. The fraction of sp³-hybridized carbons (Fsp3) is 0.500. The second-order valence-electron chi connectivity index (χ2n) is 5.61. The maximum atomic E-state index is 3.72. The van der Waals surface area contributed by atoms with Crippen molar-refractivity contribution in [1.29, 1.82) is 0 Å². The van der Waals surface area contributed by atoms with Gasteiger partial charge < -0.3 is 10.3 Å². The Bertz CT molecular complexity index is 580. The minimum Gasteiger partial charge on any atom is -0.358 e. The Hall–Kier alpha value is -1.28. The highest BCUT2D eigenvalue weighted by atomic mass is 14.8. The van der Waals surface area contributed by atoms with Gasteiger partial charge in [-0.1, -0.05) is 12.1 Å². The summed E-state index contributed by atoms with van der Waals surface area (Å²) in [7, 11) is 2.05. The number of benzene rings is 1. The van der Waals surface area contributed by atoms with Gasteiger partial charge in [-0.05, 0) is 56.8 Å². The van der Waals surface area contributed by atoms with Crippen molar-refractivity contribution in [3.63, 3.8) is 0 Å². The van der Waals surface area contributed by atoms with E-state index in [9.17, 15) is 0 Å². The second-order valence-corrected chi connectivity index (χ2v) is 5.61. The lowest BCUT2D eigenvalue weighted by Gasteiger charge is -2.22. The van der Waals surface area contributed by atoms with Crippen LogP contribution in [0.5, 0.6) is 0 Å². The van der Waals surface area contributed by atoms with Gasteiger partial charge >= 0.3 is 0 Å². The molecule has 1 atom stereocenters. The molecule has 1 aromatic carbocycles. The first-order chi connectivity index (χ1) is 8.72. The maximum Gasteiger partial charge on any atom is 0.0491 e. The first-order valence-electron chi connectivity index (χ1n) is 6.97. The van der Waals surface area contributed by atoms with Gasteiger partial charge in [-0.2, -0.15) is 0 Å². The van der Waals surface area contributed by atoms with Gasteiger partial charge in [0.05, 0.1) is 0 Å². The summed E-state index contributed by atoms with van der Waals surface area (Å²) in [5.41, 5.74) is 7.22. The first kappa shape index (κ1) is 11.8. The Morgan fingerprint density at radius 2 is 2.06 bits per heavy atom. The minimum absolute atomic E-state index is 0.657. The van der Waals surface area contributed by atoms with Crippen LogP contribution in [0.3, 0.4) is 0 Å². The molecule has 0 saturated carbocycles. The molecular formula is C16H22N2. The van der Waals surface area contributed by atoms with E-state index < -0.39 is 0 Å². The number of nitrogens with one attached hydrogen (secondary N) is 2. The van der Waals surface area contributed by atoms with E-state index in [1.54, 1.807) is 5.56 Å². The van der Waals surface area contributed by atoms with Crippen LogP contribution in [0.1, 0.15) is 41.1 Å². The molecule has 0 amide bonds. The quantitative estimate of drug-likeness (QED) is 0.829. The zero-order valence-corrected chi connectivity index (χ0v) is 11.6. The minimum atomic E-state index is 0.657. The summed E-state index contributed by atoms with van der Waals surface area (Å²) in [6, 6.07) is 4.49. The summed E-state index contributed by atoms with van der Waals surface area (Å²) in [5, 5.41) is 4.82. The molecule has 2 nitrogen and oxygen atoms in total. The average molecular weight is 242 g/mol. The van der Waals surface area contributed by atoms with Crippen molar-refractivity contribution in [2.24, 2.45) is 0 Å². The van der Waals surface area contributed by atoms with Crippen molar-refractivity contribution >= 4 is 10.9 Å². The van der Waals surface area contributed by atoms with Crippen LogP contribution < -0.4 is 5.32 Å². The fourth-order valence-corrected chi connectivity index (χ4v) is 3.43. The molecule has 0 fully saturated rings. The smallest absolute Gasteiger partial charge is 0.0491 e. The number of H-pyrrole nitrogens is 1. The van der Waals surface area contributed by atoms with E-state index in [1.807, 2.05) is 7.05 Å². The van der Waals surface area contributed by atoms with E-state index in [-0.39, 0.29) is 0 Å². The maximum absolute atomic E-state index is 3.72. The number of hydrogen-bond donors (Lipinski definition) is 2. The predicted octanol–water partition coefficient (Wildman–Crippen LogP) is 3.42. The number of rotatable bonds is 2. The van der Waals surface area contributed by atoms with Crippen LogP contribution in [-0.4, -0.2) is 18.6 Å². The molecule has 2 N–H and O–H groups in total. The Morgan fingerprint density at radius 1 is 1.28 bits per heavy atom. The highest BCUT2D eigenvalue weighted by Crippen LogP contribution is 2.37. The molecule has 1 aliphatic carbocycles. The summed E-state index contributed by atoms with van der Waals surface area (Å²) in [5.74, 6) is 0.657. The standard InChI is InChI=1S/C16H22N2/c1-10-7-8-11(2)15-14(10)13-6-4-5-12(9-17-3)16(13)18-15/h7-8,12,17-18H,4-6,9H2,1-3H3. The van der Waals surface area contributed by atoms with E-state index in [0.29, 0.717) is 5.92 Å². The van der Waals surface area contributed by atoms with Crippen LogP contribution in [-0.2, 0) is 6.42 Å². The van der Waals surface area contributed by atoms with Gasteiger partial charge in [0, 0.05) is 29.1 Å². The summed E-state index contributed by atoms with van der Waals surface area (Å²) in [6.45, 7) is 5.52. The van der Waals surface area contributed by atoms with E-state index in [4.69, 9.17) is 0 Å². The van der Waals surface area contributed by atoms with E-state index >= 15 is 0 Å². The van der Waals surface area contributed by atoms with E-state index in [2.05, 4.69) is 36.3 Å². The summed E-state index contributed by atoms with van der Waals surface area (Å²) >= 11 is 0. The van der Waals surface area contributed by atoms with E-state index in [1.165, 1.54) is 47.0 Å². The molecule has 1 unspecified atom stereocenters. The van der Waals surface area contributed by atoms with Crippen molar-refractivity contribution in [3.05, 3.63) is 34.5 Å².